The molecule has 0 aliphatic carbocycles. The van der Waals surface area contributed by atoms with Crippen molar-refractivity contribution in [3.05, 3.63) is 35.4 Å². The van der Waals surface area contributed by atoms with Crippen LogP contribution in [0.5, 0.6) is 0 Å². The van der Waals surface area contributed by atoms with Crippen LogP contribution in [0, 0.1) is 0 Å². The van der Waals surface area contributed by atoms with E-state index in [-0.39, 0.29) is 19.4 Å². The van der Waals surface area contributed by atoms with Crippen molar-refractivity contribution in [3.8, 4) is 0 Å². The fraction of sp³-hybridized carbons (Fsp3) is 0.417. The Kier molecular flexibility index (Phi) is 5.17. The van der Waals surface area contributed by atoms with Crippen LogP contribution in [0.25, 0.3) is 0 Å². The van der Waals surface area contributed by atoms with Crippen molar-refractivity contribution < 1.29 is 28.2 Å². The Labute approximate surface area is 107 Å². The summed E-state index contributed by atoms with van der Waals surface area (Å²) in [5.41, 5.74) is -0.179. The Morgan fingerprint density at radius 1 is 1.26 bits per heavy atom. The topological polar surface area (TPSA) is 69.6 Å². The highest BCUT2D eigenvalue weighted by Crippen LogP contribution is 2.29. The van der Waals surface area contributed by atoms with E-state index < -0.39 is 23.9 Å². The molecule has 1 aromatic rings. The van der Waals surface area contributed by atoms with Gasteiger partial charge in [0.05, 0.1) is 5.56 Å². The van der Waals surface area contributed by atoms with Crippen LogP contribution in [0.15, 0.2) is 24.3 Å². The second-order valence-electron chi connectivity index (χ2n) is 4.06. The lowest BCUT2D eigenvalue weighted by molar-refractivity contribution is -0.137. The van der Waals surface area contributed by atoms with Crippen LogP contribution in [0.4, 0.5) is 18.0 Å². The molecule has 1 rings (SSSR count). The maximum atomic E-state index is 12.4. The highest BCUT2D eigenvalue weighted by atomic mass is 19.4. The van der Waals surface area contributed by atoms with Gasteiger partial charge in [0.25, 0.3) is 0 Å². The van der Waals surface area contributed by atoms with Gasteiger partial charge in [-0.3, -0.25) is 0 Å². The second kappa shape index (κ2) is 6.42. The van der Waals surface area contributed by atoms with E-state index in [2.05, 4.69) is 5.32 Å². The summed E-state index contributed by atoms with van der Waals surface area (Å²) in [5.74, 6) is 0. The van der Waals surface area contributed by atoms with Crippen molar-refractivity contribution in [2.45, 2.75) is 25.1 Å². The molecule has 0 aromatic heterocycles. The number of alkyl halides is 3. The van der Waals surface area contributed by atoms with Gasteiger partial charge < -0.3 is 15.5 Å². The molecule has 4 nitrogen and oxygen atoms in total. The number of aliphatic hydroxyl groups is 1. The molecule has 0 fully saturated rings. The largest absolute Gasteiger partial charge is 0.465 e. The quantitative estimate of drug-likeness (QED) is 0.773. The van der Waals surface area contributed by atoms with Gasteiger partial charge in [-0.25, -0.2) is 4.79 Å². The number of rotatable bonds is 5. The number of benzene rings is 1. The van der Waals surface area contributed by atoms with Gasteiger partial charge in [-0.1, -0.05) is 12.1 Å². The van der Waals surface area contributed by atoms with E-state index in [1.165, 1.54) is 12.1 Å². The summed E-state index contributed by atoms with van der Waals surface area (Å²) in [7, 11) is 0. The lowest BCUT2D eigenvalue weighted by atomic mass is 10.0. The van der Waals surface area contributed by atoms with Gasteiger partial charge in [0, 0.05) is 12.6 Å². The minimum atomic E-state index is -4.39. The Hall–Kier alpha value is -1.76. The number of carbonyl (C=O) groups is 1. The molecule has 0 saturated carbocycles. The first-order valence-electron chi connectivity index (χ1n) is 5.59. The number of aliphatic hydroxyl groups excluding tert-OH is 1. The van der Waals surface area contributed by atoms with Gasteiger partial charge in [-0.2, -0.15) is 13.2 Å². The summed E-state index contributed by atoms with van der Waals surface area (Å²) in [4.78, 5) is 10.5. The predicted octanol–water partition coefficient (Wildman–Crippen LogP) is 2.27. The van der Waals surface area contributed by atoms with Gasteiger partial charge in [0.1, 0.15) is 0 Å². The number of hydrogen-bond acceptors (Lipinski definition) is 2. The van der Waals surface area contributed by atoms with E-state index in [1.807, 2.05) is 0 Å². The maximum Gasteiger partial charge on any atom is 0.416 e. The first-order chi connectivity index (χ1) is 8.82. The summed E-state index contributed by atoms with van der Waals surface area (Å²) >= 11 is 0. The smallest absolute Gasteiger partial charge is 0.416 e. The first kappa shape index (κ1) is 15.3. The zero-order valence-corrected chi connectivity index (χ0v) is 9.94. The molecular weight excluding hydrogens is 263 g/mol. The molecule has 0 heterocycles. The Morgan fingerprint density at radius 2 is 1.84 bits per heavy atom. The summed E-state index contributed by atoms with van der Waals surface area (Å²) in [6.07, 6.45) is -5.19. The molecule has 0 aliphatic rings. The summed E-state index contributed by atoms with van der Waals surface area (Å²) in [6, 6.07) is 3.98. The molecule has 3 N–H and O–H groups in total. The molecule has 1 aromatic carbocycles. The van der Waals surface area contributed by atoms with Crippen LogP contribution in [0.2, 0.25) is 0 Å². The zero-order valence-electron chi connectivity index (χ0n) is 9.94. The van der Waals surface area contributed by atoms with Crippen molar-refractivity contribution in [1.82, 2.24) is 5.32 Å². The summed E-state index contributed by atoms with van der Waals surface area (Å²) in [5, 5.41) is 19.6. The summed E-state index contributed by atoms with van der Waals surface area (Å²) in [6.45, 7) is -0.203. The molecule has 1 atom stereocenters. The van der Waals surface area contributed by atoms with Crippen molar-refractivity contribution in [2.24, 2.45) is 0 Å². The molecule has 0 aliphatic heterocycles. The molecular formula is C12H14F3NO3. The Morgan fingerprint density at radius 3 is 2.26 bits per heavy atom. The third-order valence-corrected chi connectivity index (χ3v) is 2.57. The van der Waals surface area contributed by atoms with Gasteiger partial charge >= 0.3 is 12.3 Å². The van der Waals surface area contributed by atoms with Crippen molar-refractivity contribution in [3.63, 3.8) is 0 Å². The van der Waals surface area contributed by atoms with E-state index in [4.69, 9.17) is 10.2 Å². The van der Waals surface area contributed by atoms with E-state index in [1.54, 1.807) is 0 Å². The van der Waals surface area contributed by atoms with Gasteiger partial charge in [0.15, 0.2) is 0 Å². The molecule has 0 radical (unpaired) electrons. The molecule has 7 heteroatoms. The maximum absolute atomic E-state index is 12.4. The van der Waals surface area contributed by atoms with Crippen LogP contribution in [0.1, 0.15) is 17.5 Å². The van der Waals surface area contributed by atoms with Crippen molar-refractivity contribution in [2.75, 3.05) is 6.61 Å². The molecule has 0 bridgehead atoms. The molecule has 0 spiro atoms. The number of nitrogens with one attached hydrogen (secondary N) is 1. The third kappa shape index (κ3) is 5.17. The number of hydrogen-bond donors (Lipinski definition) is 3. The minimum Gasteiger partial charge on any atom is -0.465 e. The molecule has 0 saturated heterocycles. The monoisotopic (exact) mass is 277 g/mol. The normalized spacial score (nSPS) is 13.1. The number of amides is 1. The standard InChI is InChI=1S/C12H14F3NO3/c13-12(14,15)9-3-1-8(2-4-9)7-10(5-6-17)16-11(18)19/h1-4,10,16-17H,5-7H2,(H,18,19)/t10-/m1/s1. The van der Waals surface area contributed by atoms with E-state index in [0.717, 1.165) is 12.1 Å². The van der Waals surface area contributed by atoms with E-state index in [9.17, 15) is 18.0 Å². The fourth-order valence-electron chi connectivity index (χ4n) is 1.67. The molecule has 0 unspecified atom stereocenters. The molecule has 19 heavy (non-hydrogen) atoms. The molecule has 106 valence electrons. The highest BCUT2D eigenvalue weighted by Gasteiger charge is 2.30. The third-order valence-electron chi connectivity index (χ3n) is 2.57. The second-order valence-corrected chi connectivity index (χ2v) is 4.06. The van der Waals surface area contributed by atoms with Gasteiger partial charge in [-0.05, 0) is 30.5 Å². The fourth-order valence-corrected chi connectivity index (χ4v) is 1.67. The van der Waals surface area contributed by atoms with Crippen LogP contribution in [0.3, 0.4) is 0 Å². The van der Waals surface area contributed by atoms with E-state index >= 15 is 0 Å². The molecule has 1 amide bonds. The predicted molar refractivity (Wildman–Crippen MR) is 61.8 cm³/mol. The number of halogens is 3. The SMILES string of the molecule is O=C(O)N[C@H](CCO)Cc1ccc(C(F)(F)F)cc1. The lowest BCUT2D eigenvalue weighted by Crippen LogP contribution is -2.36. The minimum absolute atomic E-state index is 0.202. The average Bonchev–Trinajstić information content (AvgIpc) is 2.28. The van der Waals surface area contributed by atoms with Crippen molar-refractivity contribution >= 4 is 6.09 Å². The highest BCUT2D eigenvalue weighted by molar-refractivity contribution is 5.64. The summed E-state index contributed by atoms with van der Waals surface area (Å²) < 4.78 is 37.1. The van der Waals surface area contributed by atoms with E-state index in [0.29, 0.717) is 5.56 Å². The van der Waals surface area contributed by atoms with Crippen LogP contribution < -0.4 is 5.32 Å². The first-order valence-corrected chi connectivity index (χ1v) is 5.59. The Bertz CT molecular complexity index is 417. The number of carboxylic acid groups (broad SMARTS) is 1. The van der Waals surface area contributed by atoms with Crippen LogP contribution in [-0.4, -0.2) is 29.0 Å². The zero-order chi connectivity index (χ0) is 14.5. The van der Waals surface area contributed by atoms with Crippen LogP contribution >= 0.6 is 0 Å². The van der Waals surface area contributed by atoms with Gasteiger partial charge in [-0.15, -0.1) is 0 Å². The van der Waals surface area contributed by atoms with Crippen molar-refractivity contribution in [1.29, 1.82) is 0 Å². The average molecular weight is 277 g/mol. The van der Waals surface area contributed by atoms with Crippen LogP contribution in [-0.2, 0) is 12.6 Å². The van der Waals surface area contributed by atoms with Gasteiger partial charge in [0.2, 0.25) is 0 Å². The lowest BCUT2D eigenvalue weighted by Gasteiger charge is -2.16. The Balaban J connectivity index is 2.72.